The van der Waals surface area contributed by atoms with Crippen LogP contribution in [-0.4, -0.2) is 51.4 Å². The molecule has 3 rings (SSSR count). The number of rotatable bonds is 6. The van der Waals surface area contributed by atoms with Crippen LogP contribution in [0.25, 0.3) is 0 Å². The van der Waals surface area contributed by atoms with Crippen LogP contribution in [0.4, 0.5) is 0 Å². The van der Waals surface area contributed by atoms with Crippen molar-refractivity contribution in [1.29, 1.82) is 0 Å². The standard InChI is InChI=1S/C19H30N4O/c1-15(2)19-20-10-8-16(21-19)14-23-11-4-3-6-17(23)9-13-22-12-5-7-18(22)24/h8,10,15,17H,3-7,9,11-14H2,1-2H3/t17-/m1/s1. The van der Waals surface area contributed by atoms with Crippen LogP contribution < -0.4 is 0 Å². The van der Waals surface area contributed by atoms with Crippen LogP contribution in [0.3, 0.4) is 0 Å². The predicted molar refractivity (Wildman–Crippen MR) is 94.6 cm³/mol. The summed E-state index contributed by atoms with van der Waals surface area (Å²) < 4.78 is 0. The summed E-state index contributed by atoms with van der Waals surface area (Å²) in [6.07, 6.45) is 8.56. The molecule has 1 aromatic rings. The zero-order valence-electron chi connectivity index (χ0n) is 15.1. The minimum atomic E-state index is 0.342. The van der Waals surface area contributed by atoms with Crippen molar-refractivity contribution in [2.75, 3.05) is 19.6 Å². The van der Waals surface area contributed by atoms with E-state index in [-0.39, 0.29) is 0 Å². The molecule has 24 heavy (non-hydrogen) atoms. The maximum Gasteiger partial charge on any atom is 0.222 e. The average Bonchev–Trinajstić information content (AvgIpc) is 2.99. The summed E-state index contributed by atoms with van der Waals surface area (Å²) in [7, 11) is 0. The summed E-state index contributed by atoms with van der Waals surface area (Å²) in [5.41, 5.74) is 1.12. The van der Waals surface area contributed by atoms with Crippen LogP contribution in [-0.2, 0) is 11.3 Å². The second-order valence-electron chi connectivity index (χ2n) is 7.45. The molecule has 0 radical (unpaired) electrons. The predicted octanol–water partition coefficient (Wildman–Crippen LogP) is 2.97. The minimum Gasteiger partial charge on any atom is -0.343 e. The van der Waals surface area contributed by atoms with Crippen LogP contribution >= 0.6 is 0 Å². The molecule has 132 valence electrons. The SMILES string of the molecule is CC(C)c1nccc(CN2CCCC[C@@H]2CCN2CCCC2=O)n1. The lowest BCUT2D eigenvalue weighted by Crippen LogP contribution is -2.41. The lowest BCUT2D eigenvalue weighted by molar-refractivity contribution is -0.127. The Bertz CT molecular complexity index is 560. The third kappa shape index (κ3) is 4.32. The number of aromatic nitrogens is 2. The second-order valence-corrected chi connectivity index (χ2v) is 7.45. The van der Waals surface area contributed by atoms with Gasteiger partial charge >= 0.3 is 0 Å². The molecule has 1 amide bonds. The molecule has 3 heterocycles. The third-order valence-electron chi connectivity index (χ3n) is 5.27. The minimum absolute atomic E-state index is 0.342. The first-order valence-electron chi connectivity index (χ1n) is 9.47. The molecule has 2 aliphatic heterocycles. The van der Waals surface area contributed by atoms with Gasteiger partial charge in [-0.3, -0.25) is 9.69 Å². The number of likely N-dealkylation sites (tertiary alicyclic amines) is 2. The maximum atomic E-state index is 11.8. The molecular formula is C19H30N4O. The molecule has 0 aromatic carbocycles. The molecule has 0 N–H and O–H groups in total. The Labute approximate surface area is 145 Å². The van der Waals surface area contributed by atoms with E-state index in [2.05, 4.69) is 23.7 Å². The van der Waals surface area contributed by atoms with Crippen molar-refractivity contribution in [2.24, 2.45) is 0 Å². The molecule has 1 aromatic heterocycles. The first-order chi connectivity index (χ1) is 11.6. The van der Waals surface area contributed by atoms with Crippen molar-refractivity contribution < 1.29 is 4.79 Å². The van der Waals surface area contributed by atoms with Gasteiger partial charge in [0, 0.05) is 44.2 Å². The molecule has 1 atom stereocenters. The Balaban J connectivity index is 1.59. The van der Waals surface area contributed by atoms with Crippen LogP contribution in [0.15, 0.2) is 12.3 Å². The molecule has 0 bridgehead atoms. The first-order valence-corrected chi connectivity index (χ1v) is 9.47. The summed E-state index contributed by atoms with van der Waals surface area (Å²) in [4.78, 5) is 25.5. The number of piperidine rings is 1. The molecule has 0 spiro atoms. The van der Waals surface area contributed by atoms with Gasteiger partial charge in [0.2, 0.25) is 5.91 Å². The van der Waals surface area contributed by atoms with Crippen LogP contribution in [0, 0.1) is 0 Å². The van der Waals surface area contributed by atoms with Gasteiger partial charge in [-0.25, -0.2) is 9.97 Å². The van der Waals surface area contributed by atoms with Gasteiger partial charge in [0.25, 0.3) is 0 Å². The van der Waals surface area contributed by atoms with Gasteiger partial charge in [-0.2, -0.15) is 0 Å². The highest BCUT2D eigenvalue weighted by Gasteiger charge is 2.26. The normalized spacial score (nSPS) is 22.5. The van der Waals surface area contributed by atoms with E-state index in [1.54, 1.807) is 0 Å². The summed E-state index contributed by atoms with van der Waals surface area (Å²) >= 11 is 0. The number of amides is 1. The largest absolute Gasteiger partial charge is 0.343 e. The van der Waals surface area contributed by atoms with Crippen molar-refractivity contribution in [3.05, 3.63) is 23.8 Å². The van der Waals surface area contributed by atoms with E-state index in [0.717, 1.165) is 57.0 Å². The van der Waals surface area contributed by atoms with Crippen molar-refractivity contribution in [2.45, 2.75) is 70.9 Å². The van der Waals surface area contributed by atoms with E-state index in [9.17, 15) is 4.79 Å². The Morgan fingerprint density at radius 1 is 1.25 bits per heavy atom. The van der Waals surface area contributed by atoms with Gasteiger partial charge in [0.15, 0.2) is 0 Å². The Morgan fingerprint density at radius 3 is 2.88 bits per heavy atom. The summed E-state index contributed by atoms with van der Waals surface area (Å²) in [5.74, 6) is 1.64. The van der Waals surface area contributed by atoms with Crippen LogP contribution in [0.5, 0.6) is 0 Å². The van der Waals surface area contributed by atoms with E-state index >= 15 is 0 Å². The molecule has 0 unspecified atom stereocenters. The van der Waals surface area contributed by atoms with E-state index in [4.69, 9.17) is 4.98 Å². The highest BCUT2D eigenvalue weighted by Crippen LogP contribution is 2.23. The Hall–Kier alpha value is -1.49. The topological polar surface area (TPSA) is 49.3 Å². The number of hydrogen-bond acceptors (Lipinski definition) is 4. The second kappa shape index (κ2) is 8.06. The smallest absolute Gasteiger partial charge is 0.222 e. The van der Waals surface area contributed by atoms with Crippen molar-refractivity contribution in [1.82, 2.24) is 19.8 Å². The fraction of sp³-hybridized carbons (Fsp3) is 0.737. The monoisotopic (exact) mass is 330 g/mol. The zero-order valence-corrected chi connectivity index (χ0v) is 15.1. The Kier molecular flexibility index (Phi) is 5.82. The number of carbonyl (C=O) groups is 1. The highest BCUT2D eigenvalue weighted by molar-refractivity contribution is 5.77. The van der Waals surface area contributed by atoms with Crippen molar-refractivity contribution in [3.8, 4) is 0 Å². The van der Waals surface area contributed by atoms with Crippen molar-refractivity contribution >= 4 is 5.91 Å². The summed E-state index contributed by atoms with van der Waals surface area (Å²) in [5, 5.41) is 0. The lowest BCUT2D eigenvalue weighted by Gasteiger charge is -2.36. The van der Waals surface area contributed by atoms with Crippen LogP contribution in [0.2, 0.25) is 0 Å². The summed E-state index contributed by atoms with van der Waals surface area (Å²) in [6.45, 7) is 8.18. The molecule has 0 saturated carbocycles. The zero-order chi connectivity index (χ0) is 16.9. The molecule has 5 nitrogen and oxygen atoms in total. The molecule has 0 aliphatic carbocycles. The number of hydrogen-bond donors (Lipinski definition) is 0. The molecule has 2 saturated heterocycles. The summed E-state index contributed by atoms with van der Waals surface area (Å²) in [6, 6.07) is 2.62. The van der Waals surface area contributed by atoms with Gasteiger partial charge < -0.3 is 4.90 Å². The van der Waals surface area contributed by atoms with Gasteiger partial charge in [-0.1, -0.05) is 20.3 Å². The molecular weight excluding hydrogens is 300 g/mol. The fourth-order valence-electron chi connectivity index (χ4n) is 3.83. The van der Waals surface area contributed by atoms with Crippen LogP contribution in [0.1, 0.15) is 69.8 Å². The average molecular weight is 330 g/mol. The van der Waals surface area contributed by atoms with E-state index in [0.29, 0.717) is 17.9 Å². The van der Waals surface area contributed by atoms with Gasteiger partial charge in [-0.15, -0.1) is 0 Å². The van der Waals surface area contributed by atoms with Crippen molar-refractivity contribution in [3.63, 3.8) is 0 Å². The molecule has 2 fully saturated rings. The van der Waals surface area contributed by atoms with E-state index in [1.807, 2.05) is 17.2 Å². The van der Waals surface area contributed by atoms with E-state index < -0.39 is 0 Å². The quantitative estimate of drug-likeness (QED) is 0.804. The van der Waals surface area contributed by atoms with Gasteiger partial charge in [0.05, 0.1) is 5.69 Å². The Morgan fingerprint density at radius 2 is 2.12 bits per heavy atom. The number of nitrogens with zero attached hydrogens (tertiary/aromatic N) is 4. The highest BCUT2D eigenvalue weighted by atomic mass is 16.2. The number of carbonyl (C=O) groups excluding carboxylic acids is 1. The van der Waals surface area contributed by atoms with Gasteiger partial charge in [-0.05, 0) is 38.3 Å². The fourth-order valence-corrected chi connectivity index (χ4v) is 3.83. The first kappa shape index (κ1) is 17.3. The maximum absolute atomic E-state index is 11.8. The lowest BCUT2D eigenvalue weighted by atomic mass is 9.98. The molecule has 5 heteroatoms. The molecule has 2 aliphatic rings. The van der Waals surface area contributed by atoms with Gasteiger partial charge in [0.1, 0.15) is 5.82 Å². The van der Waals surface area contributed by atoms with E-state index in [1.165, 1.54) is 19.3 Å². The third-order valence-corrected chi connectivity index (χ3v) is 5.27.